The summed E-state index contributed by atoms with van der Waals surface area (Å²) in [5.74, 6) is -0.797. The molecule has 0 aromatic carbocycles. The van der Waals surface area contributed by atoms with Crippen molar-refractivity contribution in [2.24, 2.45) is 5.41 Å². The van der Waals surface area contributed by atoms with Crippen LogP contribution in [0.15, 0.2) is 0 Å². The van der Waals surface area contributed by atoms with E-state index < -0.39 is 5.97 Å². The van der Waals surface area contributed by atoms with Crippen LogP contribution >= 0.6 is 0 Å². The van der Waals surface area contributed by atoms with Gasteiger partial charge in [-0.05, 0) is 38.0 Å². The number of amides is 2. The molecule has 0 aromatic heterocycles. The molecule has 6 heteroatoms. The number of hydrogen-bond acceptors (Lipinski definition) is 3. The molecule has 6 nitrogen and oxygen atoms in total. The van der Waals surface area contributed by atoms with Crippen LogP contribution in [-0.2, 0) is 9.53 Å². The molecule has 20 heavy (non-hydrogen) atoms. The van der Waals surface area contributed by atoms with Crippen molar-refractivity contribution in [3.8, 4) is 0 Å². The minimum atomic E-state index is -0.797. The molecule has 2 amide bonds. The first kappa shape index (κ1) is 16.8. The summed E-state index contributed by atoms with van der Waals surface area (Å²) in [5, 5.41) is 14.3. The fraction of sp³-hybridized carbons (Fsp3) is 0.857. The van der Waals surface area contributed by atoms with E-state index in [-0.39, 0.29) is 23.9 Å². The largest absolute Gasteiger partial charge is 0.481 e. The lowest BCUT2D eigenvalue weighted by Gasteiger charge is -2.33. The van der Waals surface area contributed by atoms with Gasteiger partial charge in [0.05, 0.1) is 0 Å². The van der Waals surface area contributed by atoms with Crippen molar-refractivity contribution in [2.75, 3.05) is 19.8 Å². The summed E-state index contributed by atoms with van der Waals surface area (Å²) in [6.07, 6.45) is 3.31. The predicted molar refractivity (Wildman–Crippen MR) is 75.6 cm³/mol. The Morgan fingerprint density at radius 2 is 2.00 bits per heavy atom. The topological polar surface area (TPSA) is 87.7 Å². The van der Waals surface area contributed by atoms with Crippen LogP contribution in [0.25, 0.3) is 0 Å². The molecular formula is C14H26N2O4. The van der Waals surface area contributed by atoms with Gasteiger partial charge in [-0.2, -0.15) is 0 Å². The van der Waals surface area contributed by atoms with Gasteiger partial charge < -0.3 is 20.5 Å². The Morgan fingerprint density at radius 3 is 2.60 bits per heavy atom. The Kier molecular flexibility index (Phi) is 6.78. The molecular weight excluding hydrogens is 260 g/mol. The molecule has 0 aromatic rings. The molecule has 0 aliphatic carbocycles. The van der Waals surface area contributed by atoms with Crippen LogP contribution in [0.5, 0.6) is 0 Å². The van der Waals surface area contributed by atoms with Gasteiger partial charge >= 0.3 is 12.0 Å². The minimum absolute atomic E-state index is 0.0168. The number of urea groups is 1. The van der Waals surface area contributed by atoms with Gasteiger partial charge in [-0.3, -0.25) is 4.79 Å². The third-order valence-corrected chi connectivity index (χ3v) is 3.78. The molecule has 1 atom stereocenters. The molecule has 1 saturated heterocycles. The van der Waals surface area contributed by atoms with Gasteiger partial charge in [-0.15, -0.1) is 0 Å². The second-order valence-electron chi connectivity index (χ2n) is 5.94. The third-order valence-electron chi connectivity index (χ3n) is 3.78. The third kappa shape index (κ3) is 6.75. The second kappa shape index (κ2) is 8.09. The zero-order valence-corrected chi connectivity index (χ0v) is 12.4. The van der Waals surface area contributed by atoms with E-state index in [0.717, 1.165) is 26.1 Å². The van der Waals surface area contributed by atoms with Crippen LogP contribution in [0.3, 0.4) is 0 Å². The van der Waals surface area contributed by atoms with Gasteiger partial charge in [0.2, 0.25) is 0 Å². The number of carbonyl (C=O) groups is 2. The molecule has 0 bridgehead atoms. The first-order chi connectivity index (χ1) is 9.41. The summed E-state index contributed by atoms with van der Waals surface area (Å²) in [4.78, 5) is 22.2. The van der Waals surface area contributed by atoms with Crippen molar-refractivity contribution in [3.05, 3.63) is 0 Å². The Balaban J connectivity index is 2.17. The zero-order valence-electron chi connectivity index (χ0n) is 12.4. The van der Waals surface area contributed by atoms with Gasteiger partial charge in [0.1, 0.15) is 0 Å². The minimum Gasteiger partial charge on any atom is -0.481 e. The summed E-state index contributed by atoms with van der Waals surface area (Å²) < 4.78 is 5.32. The van der Waals surface area contributed by atoms with E-state index in [1.807, 2.05) is 6.92 Å². The Labute approximate surface area is 120 Å². The summed E-state index contributed by atoms with van der Waals surface area (Å²) in [5.41, 5.74) is 0.113. The maximum atomic E-state index is 11.8. The lowest BCUT2D eigenvalue weighted by atomic mass is 9.82. The average molecular weight is 286 g/mol. The number of rotatable bonds is 7. The summed E-state index contributed by atoms with van der Waals surface area (Å²) >= 11 is 0. The van der Waals surface area contributed by atoms with Crippen LogP contribution < -0.4 is 10.6 Å². The van der Waals surface area contributed by atoms with E-state index in [1.165, 1.54) is 0 Å². The number of ether oxygens (including phenoxy) is 1. The van der Waals surface area contributed by atoms with Gasteiger partial charge in [-0.1, -0.05) is 6.92 Å². The number of hydrogen-bond donors (Lipinski definition) is 3. The number of carboxylic acid groups (broad SMARTS) is 1. The van der Waals surface area contributed by atoms with Gasteiger partial charge in [0, 0.05) is 32.2 Å². The van der Waals surface area contributed by atoms with Gasteiger partial charge in [0.15, 0.2) is 0 Å². The normalized spacial score (nSPS) is 19.1. The molecule has 0 spiro atoms. The molecule has 0 saturated carbocycles. The van der Waals surface area contributed by atoms with Crippen LogP contribution in [0, 0.1) is 5.41 Å². The fourth-order valence-corrected chi connectivity index (χ4v) is 2.24. The number of aliphatic carboxylic acids is 1. The molecule has 1 rings (SSSR count). The summed E-state index contributed by atoms with van der Waals surface area (Å²) in [6, 6.07) is -0.197. The Morgan fingerprint density at radius 1 is 1.35 bits per heavy atom. The van der Waals surface area contributed by atoms with E-state index >= 15 is 0 Å². The SMILES string of the molecule is CC(CCCC(=O)O)NC(=O)NCC1(C)CCOCC1. The highest BCUT2D eigenvalue weighted by atomic mass is 16.5. The Hall–Kier alpha value is -1.30. The molecule has 1 aliphatic rings. The maximum Gasteiger partial charge on any atom is 0.315 e. The summed E-state index contributed by atoms with van der Waals surface area (Å²) in [7, 11) is 0. The smallest absolute Gasteiger partial charge is 0.315 e. The van der Waals surface area contributed by atoms with Crippen molar-refractivity contribution in [1.29, 1.82) is 0 Å². The first-order valence-corrected chi connectivity index (χ1v) is 7.25. The number of nitrogens with one attached hydrogen (secondary N) is 2. The monoisotopic (exact) mass is 286 g/mol. The molecule has 0 radical (unpaired) electrons. The highest BCUT2D eigenvalue weighted by molar-refractivity contribution is 5.74. The molecule has 1 aliphatic heterocycles. The van der Waals surface area contributed by atoms with E-state index in [4.69, 9.17) is 9.84 Å². The first-order valence-electron chi connectivity index (χ1n) is 7.25. The zero-order chi connectivity index (χ0) is 15.0. The lowest BCUT2D eigenvalue weighted by Crippen LogP contribution is -2.46. The van der Waals surface area contributed by atoms with Gasteiger partial charge in [-0.25, -0.2) is 4.79 Å². The van der Waals surface area contributed by atoms with Crippen LogP contribution in [0.1, 0.15) is 46.0 Å². The lowest BCUT2D eigenvalue weighted by molar-refractivity contribution is -0.137. The number of carboxylic acids is 1. The van der Waals surface area contributed by atoms with Crippen molar-refractivity contribution in [1.82, 2.24) is 10.6 Å². The van der Waals surface area contributed by atoms with Gasteiger partial charge in [0.25, 0.3) is 0 Å². The van der Waals surface area contributed by atoms with Crippen LogP contribution in [0.4, 0.5) is 4.79 Å². The molecule has 3 N–H and O–H groups in total. The van der Waals surface area contributed by atoms with E-state index in [1.54, 1.807) is 0 Å². The standard InChI is InChI=1S/C14H26N2O4/c1-11(4-3-5-12(17)18)16-13(19)15-10-14(2)6-8-20-9-7-14/h11H,3-10H2,1-2H3,(H,17,18)(H2,15,16,19). The van der Waals surface area contributed by atoms with Crippen LogP contribution in [0.2, 0.25) is 0 Å². The second-order valence-corrected chi connectivity index (χ2v) is 5.94. The number of carbonyl (C=O) groups excluding carboxylic acids is 1. The van der Waals surface area contributed by atoms with Crippen molar-refractivity contribution in [2.45, 2.75) is 52.0 Å². The predicted octanol–water partition coefficient (Wildman–Crippen LogP) is 1.75. The fourth-order valence-electron chi connectivity index (χ4n) is 2.24. The maximum absolute atomic E-state index is 11.8. The van der Waals surface area contributed by atoms with E-state index in [0.29, 0.717) is 19.4 Å². The quantitative estimate of drug-likeness (QED) is 0.665. The average Bonchev–Trinajstić information content (AvgIpc) is 2.37. The molecule has 1 fully saturated rings. The highest BCUT2D eigenvalue weighted by Crippen LogP contribution is 2.28. The van der Waals surface area contributed by atoms with Crippen molar-refractivity contribution >= 4 is 12.0 Å². The van der Waals surface area contributed by atoms with Crippen molar-refractivity contribution in [3.63, 3.8) is 0 Å². The van der Waals surface area contributed by atoms with E-state index in [9.17, 15) is 9.59 Å². The highest BCUT2D eigenvalue weighted by Gasteiger charge is 2.27. The molecule has 116 valence electrons. The molecule has 1 unspecified atom stereocenters. The van der Waals surface area contributed by atoms with E-state index in [2.05, 4.69) is 17.6 Å². The Bertz CT molecular complexity index is 327. The summed E-state index contributed by atoms with van der Waals surface area (Å²) in [6.45, 7) is 6.20. The van der Waals surface area contributed by atoms with Crippen LogP contribution in [-0.4, -0.2) is 42.9 Å². The van der Waals surface area contributed by atoms with Crippen molar-refractivity contribution < 1.29 is 19.4 Å². The molecule has 1 heterocycles.